The highest BCUT2D eigenvalue weighted by atomic mass is 19.4. The van der Waals surface area contributed by atoms with Crippen LogP contribution in [0.25, 0.3) is 11.1 Å². The van der Waals surface area contributed by atoms with Gasteiger partial charge < -0.3 is 14.7 Å². The molecule has 2 aromatic rings. The number of ether oxygens (including phenoxy) is 1. The Morgan fingerprint density at radius 2 is 1.84 bits per heavy atom. The zero-order valence-electron chi connectivity index (χ0n) is 13.2. The molecule has 0 aliphatic carbocycles. The second kappa shape index (κ2) is 6.36. The van der Waals surface area contributed by atoms with Gasteiger partial charge in [-0.15, -0.1) is 0 Å². The van der Waals surface area contributed by atoms with Gasteiger partial charge in [-0.3, -0.25) is 0 Å². The van der Waals surface area contributed by atoms with Crippen molar-refractivity contribution in [1.29, 1.82) is 0 Å². The lowest BCUT2D eigenvalue weighted by molar-refractivity contribution is -0.355. The number of oxime groups is 1. The van der Waals surface area contributed by atoms with Crippen molar-refractivity contribution in [3.63, 3.8) is 0 Å². The van der Waals surface area contributed by atoms with Crippen LogP contribution in [0.5, 0.6) is 5.88 Å². The van der Waals surface area contributed by atoms with Crippen molar-refractivity contribution in [2.75, 3.05) is 6.61 Å². The van der Waals surface area contributed by atoms with Gasteiger partial charge in [0.05, 0.1) is 18.7 Å². The van der Waals surface area contributed by atoms with Crippen molar-refractivity contribution in [3.05, 3.63) is 48.2 Å². The fourth-order valence-corrected chi connectivity index (χ4v) is 2.40. The summed E-state index contributed by atoms with van der Waals surface area (Å²) >= 11 is 0. The number of pyridine rings is 1. The van der Waals surface area contributed by atoms with Crippen molar-refractivity contribution in [2.24, 2.45) is 5.16 Å². The van der Waals surface area contributed by atoms with E-state index in [1.54, 1.807) is 42.6 Å². The number of benzene rings is 1. The highest BCUT2D eigenvalue weighted by molar-refractivity contribution is 6.01. The zero-order chi connectivity index (χ0) is 18.1. The van der Waals surface area contributed by atoms with Gasteiger partial charge in [-0.05, 0) is 29.7 Å². The van der Waals surface area contributed by atoms with Gasteiger partial charge in [0.2, 0.25) is 5.88 Å². The minimum absolute atomic E-state index is 0.0381. The van der Waals surface area contributed by atoms with Gasteiger partial charge in [-0.25, -0.2) is 4.98 Å². The SMILES string of the molecule is CCOc1cc(-c2ccc(C3=NOC(O)(C(F)(F)F)C3)cc2)ccn1. The van der Waals surface area contributed by atoms with Crippen LogP contribution in [0.3, 0.4) is 0 Å². The van der Waals surface area contributed by atoms with Gasteiger partial charge in [0.15, 0.2) is 0 Å². The predicted molar refractivity (Wildman–Crippen MR) is 84.1 cm³/mol. The topological polar surface area (TPSA) is 63.9 Å². The Morgan fingerprint density at radius 3 is 2.44 bits per heavy atom. The third-order valence-electron chi connectivity index (χ3n) is 3.74. The lowest BCUT2D eigenvalue weighted by Crippen LogP contribution is -2.45. The minimum Gasteiger partial charge on any atom is -0.478 e. The summed E-state index contributed by atoms with van der Waals surface area (Å²) in [6.07, 6.45) is -4.04. The van der Waals surface area contributed by atoms with E-state index in [9.17, 15) is 18.3 Å². The first kappa shape index (κ1) is 17.2. The normalized spacial score (nSPS) is 20.1. The van der Waals surface area contributed by atoms with Crippen LogP contribution < -0.4 is 4.74 Å². The largest absolute Gasteiger partial charge is 0.478 e. The average molecular weight is 352 g/mol. The number of alkyl halides is 3. The van der Waals surface area contributed by atoms with Crippen LogP contribution in [-0.4, -0.2) is 34.4 Å². The second-order valence-electron chi connectivity index (χ2n) is 5.48. The van der Waals surface area contributed by atoms with E-state index in [0.717, 1.165) is 11.1 Å². The highest BCUT2D eigenvalue weighted by Gasteiger charge is 2.60. The lowest BCUT2D eigenvalue weighted by Gasteiger charge is -2.22. The Hall–Kier alpha value is -2.61. The van der Waals surface area contributed by atoms with E-state index in [4.69, 9.17) is 4.74 Å². The van der Waals surface area contributed by atoms with E-state index in [-0.39, 0.29) is 5.71 Å². The molecular formula is C17H15F3N2O3. The number of halogens is 3. The number of nitrogens with zero attached hydrogens (tertiary/aromatic N) is 2. The summed E-state index contributed by atoms with van der Waals surface area (Å²) in [7, 11) is 0. The fourth-order valence-electron chi connectivity index (χ4n) is 2.40. The van der Waals surface area contributed by atoms with Crippen LogP contribution in [-0.2, 0) is 4.84 Å². The molecule has 1 N–H and O–H groups in total. The first-order valence-electron chi connectivity index (χ1n) is 7.56. The van der Waals surface area contributed by atoms with Crippen LogP contribution in [0, 0.1) is 0 Å². The number of aliphatic hydroxyl groups is 1. The summed E-state index contributed by atoms with van der Waals surface area (Å²) in [6, 6.07) is 10.3. The summed E-state index contributed by atoms with van der Waals surface area (Å²) in [4.78, 5) is 8.31. The first-order valence-corrected chi connectivity index (χ1v) is 7.56. The standard InChI is InChI=1S/C17H15F3N2O3/c1-2-24-15-9-13(7-8-21-15)11-3-5-12(6-4-11)14-10-16(23,25-22-14)17(18,19)20/h3-9,23H,2,10H2,1H3. The molecule has 0 saturated carbocycles. The van der Waals surface area contributed by atoms with Crippen molar-refractivity contribution in [1.82, 2.24) is 4.98 Å². The Morgan fingerprint density at radius 1 is 1.16 bits per heavy atom. The second-order valence-corrected chi connectivity index (χ2v) is 5.48. The van der Waals surface area contributed by atoms with Gasteiger partial charge in [-0.1, -0.05) is 29.4 Å². The molecule has 0 radical (unpaired) electrons. The molecule has 0 bridgehead atoms. The van der Waals surface area contributed by atoms with Crippen LogP contribution >= 0.6 is 0 Å². The summed E-state index contributed by atoms with van der Waals surface area (Å²) in [5, 5.41) is 12.9. The number of aromatic nitrogens is 1. The summed E-state index contributed by atoms with van der Waals surface area (Å²) in [5.74, 6) is -2.77. The van der Waals surface area contributed by atoms with Crippen LogP contribution in [0.2, 0.25) is 0 Å². The van der Waals surface area contributed by atoms with E-state index < -0.39 is 18.4 Å². The predicted octanol–water partition coefficient (Wildman–Crippen LogP) is 3.52. The molecule has 1 aromatic carbocycles. The molecule has 25 heavy (non-hydrogen) atoms. The van der Waals surface area contributed by atoms with Crippen LogP contribution in [0.1, 0.15) is 18.9 Å². The molecule has 1 unspecified atom stereocenters. The number of hydrogen-bond donors (Lipinski definition) is 1. The van der Waals surface area contributed by atoms with Gasteiger partial charge >= 0.3 is 12.0 Å². The molecule has 0 amide bonds. The van der Waals surface area contributed by atoms with Gasteiger partial charge in [-0.2, -0.15) is 13.2 Å². The molecule has 0 saturated heterocycles. The number of rotatable bonds is 4. The van der Waals surface area contributed by atoms with Crippen LogP contribution in [0.4, 0.5) is 13.2 Å². The molecule has 5 nitrogen and oxygen atoms in total. The lowest BCUT2D eigenvalue weighted by atomic mass is 9.99. The molecule has 1 aliphatic heterocycles. The molecule has 3 rings (SSSR count). The third kappa shape index (κ3) is 3.43. The maximum absolute atomic E-state index is 12.8. The third-order valence-corrected chi connectivity index (χ3v) is 3.74. The van der Waals surface area contributed by atoms with E-state index in [1.165, 1.54) is 0 Å². The van der Waals surface area contributed by atoms with E-state index in [0.29, 0.717) is 18.1 Å². The first-order chi connectivity index (χ1) is 11.8. The summed E-state index contributed by atoms with van der Waals surface area (Å²) in [5.41, 5.74) is 2.19. The average Bonchev–Trinajstić information content (AvgIpc) is 2.99. The van der Waals surface area contributed by atoms with Crippen molar-refractivity contribution < 1.29 is 27.9 Å². The number of hydrogen-bond acceptors (Lipinski definition) is 5. The van der Waals surface area contributed by atoms with E-state index in [1.807, 2.05) is 6.92 Å². The van der Waals surface area contributed by atoms with Crippen molar-refractivity contribution in [3.8, 4) is 17.0 Å². The molecule has 132 valence electrons. The molecular weight excluding hydrogens is 337 g/mol. The maximum Gasteiger partial charge on any atom is 0.458 e. The molecule has 1 aliphatic rings. The maximum atomic E-state index is 12.8. The Kier molecular flexibility index (Phi) is 4.38. The minimum atomic E-state index is -4.91. The van der Waals surface area contributed by atoms with Crippen molar-refractivity contribution in [2.45, 2.75) is 25.3 Å². The van der Waals surface area contributed by atoms with E-state index >= 15 is 0 Å². The molecule has 1 aromatic heterocycles. The molecule has 0 spiro atoms. The molecule has 2 heterocycles. The zero-order valence-corrected chi connectivity index (χ0v) is 13.2. The quantitative estimate of drug-likeness (QED) is 0.914. The Bertz CT molecular complexity index is 790. The Balaban J connectivity index is 1.79. The summed E-state index contributed by atoms with van der Waals surface area (Å²) < 4.78 is 43.6. The van der Waals surface area contributed by atoms with Gasteiger partial charge in [0, 0.05) is 12.3 Å². The monoisotopic (exact) mass is 352 g/mol. The van der Waals surface area contributed by atoms with Crippen LogP contribution in [0.15, 0.2) is 47.8 Å². The van der Waals surface area contributed by atoms with Gasteiger partial charge in [0.25, 0.3) is 0 Å². The van der Waals surface area contributed by atoms with Crippen molar-refractivity contribution >= 4 is 5.71 Å². The molecule has 1 atom stereocenters. The highest BCUT2D eigenvalue weighted by Crippen LogP contribution is 2.39. The Labute approximate surface area is 141 Å². The van der Waals surface area contributed by atoms with E-state index in [2.05, 4.69) is 15.0 Å². The fraction of sp³-hybridized carbons (Fsp3) is 0.294. The smallest absolute Gasteiger partial charge is 0.458 e. The van der Waals surface area contributed by atoms with Gasteiger partial charge in [0.1, 0.15) is 0 Å². The summed E-state index contributed by atoms with van der Waals surface area (Å²) in [6.45, 7) is 2.35. The molecule has 0 fully saturated rings. The molecule has 8 heteroatoms.